The van der Waals surface area contributed by atoms with Gasteiger partial charge in [-0.15, -0.1) is 0 Å². The molecule has 7 nitrogen and oxygen atoms in total. The van der Waals surface area contributed by atoms with Crippen LogP contribution in [-0.4, -0.2) is 48.7 Å². The highest BCUT2D eigenvalue weighted by molar-refractivity contribution is 5.77. The summed E-state index contributed by atoms with van der Waals surface area (Å²) in [6.45, 7) is 5.21. The second-order valence-electron chi connectivity index (χ2n) is 10.1. The van der Waals surface area contributed by atoms with Crippen LogP contribution >= 0.6 is 0 Å². The molecule has 2 aromatic heterocycles. The number of fused-ring (bicyclic) bond motifs is 1. The summed E-state index contributed by atoms with van der Waals surface area (Å²) in [5, 5.41) is 11.8. The molecule has 3 heterocycles. The number of piperidine rings is 1. The fourth-order valence-corrected chi connectivity index (χ4v) is 5.02. The molecule has 36 heavy (non-hydrogen) atoms. The summed E-state index contributed by atoms with van der Waals surface area (Å²) in [5.74, 6) is 0.245. The van der Waals surface area contributed by atoms with Gasteiger partial charge in [-0.25, -0.2) is 4.98 Å². The van der Waals surface area contributed by atoms with E-state index in [1.54, 1.807) is 6.07 Å². The van der Waals surface area contributed by atoms with E-state index in [2.05, 4.69) is 11.9 Å². The maximum Gasteiger partial charge on any atom is 0.262 e. The molecule has 2 aromatic carbocycles. The Morgan fingerprint density at radius 3 is 2.44 bits per heavy atom. The second-order valence-corrected chi connectivity index (χ2v) is 10.1. The Bertz CT molecular complexity index is 1410. The zero-order chi connectivity index (χ0) is 25.3. The number of aromatic nitrogens is 3. The predicted molar refractivity (Wildman–Crippen MR) is 140 cm³/mol. The van der Waals surface area contributed by atoms with Crippen LogP contribution in [0.5, 0.6) is 0 Å². The number of hydrogen-bond acceptors (Lipinski definition) is 4. The minimum atomic E-state index is -1.06. The zero-order valence-corrected chi connectivity index (χ0v) is 20.8. The Balaban J connectivity index is 1.25. The van der Waals surface area contributed by atoms with Crippen molar-refractivity contribution in [3.8, 4) is 5.69 Å². The number of aliphatic hydroxyl groups is 1. The van der Waals surface area contributed by atoms with Crippen LogP contribution in [-0.2, 0) is 11.3 Å². The van der Waals surface area contributed by atoms with E-state index >= 15 is 0 Å². The summed E-state index contributed by atoms with van der Waals surface area (Å²) < 4.78 is 3.40. The maximum atomic E-state index is 13.2. The predicted octanol–water partition coefficient (Wildman–Crippen LogP) is 4.04. The molecular weight excluding hydrogens is 452 g/mol. The van der Waals surface area contributed by atoms with Crippen LogP contribution in [0.15, 0.2) is 78.0 Å². The van der Waals surface area contributed by atoms with Gasteiger partial charge >= 0.3 is 0 Å². The fraction of sp³-hybridized carbons (Fsp3) is 0.345. The molecule has 1 N–H and O–H groups in total. The van der Waals surface area contributed by atoms with Gasteiger partial charge in [0.15, 0.2) is 5.65 Å². The van der Waals surface area contributed by atoms with Gasteiger partial charge in [0.25, 0.3) is 5.56 Å². The third kappa shape index (κ3) is 4.84. The molecule has 0 aliphatic carbocycles. The molecule has 0 radical (unpaired) electrons. The van der Waals surface area contributed by atoms with E-state index in [-0.39, 0.29) is 23.9 Å². The normalized spacial score (nSPS) is 16.2. The van der Waals surface area contributed by atoms with Crippen molar-refractivity contribution in [2.45, 2.75) is 51.2 Å². The molecule has 1 fully saturated rings. The third-order valence-corrected chi connectivity index (χ3v) is 7.34. The Labute approximate surface area is 210 Å². The van der Waals surface area contributed by atoms with E-state index in [4.69, 9.17) is 0 Å². The Kier molecular flexibility index (Phi) is 6.49. The van der Waals surface area contributed by atoms with Crippen molar-refractivity contribution in [2.75, 3.05) is 13.1 Å². The van der Waals surface area contributed by atoms with Gasteiger partial charge in [-0.2, -0.15) is 0 Å². The average Bonchev–Trinajstić information content (AvgIpc) is 3.32. The standard InChI is InChI=1S/C29H32N4O3/c1-21-8-10-24(11-9-21)33-15-12-25-27(33)30-20-32(28(25)35)19-29(36)13-16-31(17-14-29)26(34)18-22(2)23-6-4-3-5-7-23/h3-12,15,20,22,36H,13-14,16-19H2,1-2H3/t22-/m1/s1. The molecule has 186 valence electrons. The van der Waals surface area contributed by atoms with Crippen molar-refractivity contribution in [3.05, 3.63) is 94.7 Å². The van der Waals surface area contributed by atoms with Crippen LogP contribution < -0.4 is 5.56 Å². The number of carbonyl (C=O) groups excluding carboxylic acids is 1. The van der Waals surface area contributed by atoms with Crippen molar-refractivity contribution in [3.63, 3.8) is 0 Å². The van der Waals surface area contributed by atoms with E-state index in [1.165, 1.54) is 10.9 Å². The van der Waals surface area contributed by atoms with Gasteiger partial charge in [-0.1, -0.05) is 55.0 Å². The molecule has 0 spiro atoms. The van der Waals surface area contributed by atoms with Gasteiger partial charge < -0.3 is 14.6 Å². The van der Waals surface area contributed by atoms with E-state index in [9.17, 15) is 14.7 Å². The lowest BCUT2D eigenvalue weighted by Gasteiger charge is -2.38. The lowest BCUT2D eigenvalue weighted by atomic mass is 9.90. The molecule has 1 saturated heterocycles. The number of rotatable bonds is 6. The smallest absolute Gasteiger partial charge is 0.262 e. The van der Waals surface area contributed by atoms with Crippen molar-refractivity contribution in [1.82, 2.24) is 19.0 Å². The molecule has 0 unspecified atom stereocenters. The van der Waals surface area contributed by atoms with E-state index in [0.717, 1.165) is 16.8 Å². The monoisotopic (exact) mass is 484 g/mol. The quantitative estimate of drug-likeness (QED) is 0.448. The van der Waals surface area contributed by atoms with Crippen molar-refractivity contribution in [1.29, 1.82) is 0 Å². The third-order valence-electron chi connectivity index (χ3n) is 7.34. The van der Waals surface area contributed by atoms with Crippen molar-refractivity contribution in [2.24, 2.45) is 0 Å². The van der Waals surface area contributed by atoms with E-state index in [1.807, 2.05) is 77.2 Å². The fourth-order valence-electron chi connectivity index (χ4n) is 5.02. The van der Waals surface area contributed by atoms with Gasteiger partial charge in [-0.3, -0.25) is 14.2 Å². The SMILES string of the molecule is Cc1ccc(-n2ccc3c(=O)n(CC4(O)CCN(C(=O)C[C@@H](C)c5ccccc5)CC4)cnc32)cc1. The minimum absolute atomic E-state index is 0.103. The highest BCUT2D eigenvalue weighted by Crippen LogP contribution is 2.27. The van der Waals surface area contributed by atoms with Crippen LogP contribution in [0.4, 0.5) is 0 Å². The van der Waals surface area contributed by atoms with Crippen LogP contribution in [0.3, 0.4) is 0 Å². The summed E-state index contributed by atoms with van der Waals surface area (Å²) in [6, 6.07) is 19.9. The van der Waals surface area contributed by atoms with E-state index in [0.29, 0.717) is 43.4 Å². The first kappa shape index (κ1) is 24.0. The number of aryl methyl sites for hydroxylation is 1. The summed E-state index contributed by atoms with van der Waals surface area (Å²) in [7, 11) is 0. The molecule has 1 atom stereocenters. The molecule has 5 rings (SSSR count). The average molecular weight is 485 g/mol. The van der Waals surface area contributed by atoms with Gasteiger partial charge in [-0.05, 0) is 49.4 Å². The van der Waals surface area contributed by atoms with Gasteiger partial charge in [0.2, 0.25) is 5.91 Å². The highest BCUT2D eigenvalue weighted by Gasteiger charge is 2.35. The number of hydrogen-bond donors (Lipinski definition) is 1. The number of amides is 1. The van der Waals surface area contributed by atoms with Gasteiger partial charge in [0.05, 0.1) is 17.5 Å². The summed E-state index contributed by atoms with van der Waals surface area (Å²) in [4.78, 5) is 32.5. The molecule has 7 heteroatoms. The largest absolute Gasteiger partial charge is 0.388 e. The molecule has 0 saturated carbocycles. The highest BCUT2D eigenvalue weighted by atomic mass is 16.3. The van der Waals surface area contributed by atoms with E-state index < -0.39 is 5.60 Å². The molecule has 1 amide bonds. The lowest BCUT2D eigenvalue weighted by Crippen LogP contribution is -2.49. The van der Waals surface area contributed by atoms with Crippen molar-refractivity contribution >= 4 is 16.9 Å². The Morgan fingerprint density at radius 1 is 1.06 bits per heavy atom. The number of likely N-dealkylation sites (tertiary alicyclic amines) is 1. The number of benzene rings is 2. The lowest BCUT2D eigenvalue weighted by molar-refractivity contribution is -0.136. The van der Waals surface area contributed by atoms with Crippen LogP contribution in [0, 0.1) is 6.92 Å². The van der Waals surface area contributed by atoms with Gasteiger partial charge in [0.1, 0.15) is 6.33 Å². The summed E-state index contributed by atoms with van der Waals surface area (Å²) >= 11 is 0. The molecule has 0 bridgehead atoms. The minimum Gasteiger partial charge on any atom is -0.388 e. The van der Waals surface area contributed by atoms with Gasteiger partial charge in [0, 0.05) is 31.4 Å². The van der Waals surface area contributed by atoms with Crippen LogP contribution in [0.25, 0.3) is 16.7 Å². The van der Waals surface area contributed by atoms with Crippen molar-refractivity contribution < 1.29 is 9.90 Å². The second kappa shape index (κ2) is 9.74. The molecule has 1 aliphatic heterocycles. The first-order valence-electron chi connectivity index (χ1n) is 12.5. The molecule has 1 aliphatic rings. The Hall–Kier alpha value is -3.71. The summed E-state index contributed by atoms with van der Waals surface area (Å²) in [5.41, 5.74) is 2.63. The Morgan fingerprint density at radius 2 is 1.75 bits per heavy atom. The molecule has 4 aromatic rings. The number of carbonyl (C=O) groups is 1. The topological polar surface area (TPSA) is 80.4 Å². The van der Waals surface area contributed by atoms with Crippen LogP contribution in [0.1, 0.15) is 43.2 Å². The maximum absolute atomic E-state index is 13.2. The first-order chi connectivity index (χ1) is 17.3. The zero-order valence-electron chi connectivity index (χ0n) is 20.8. The van der Waals surface area contributed by atoms with Crippen LogP contribution in [0.2, 0.25) is 0 Å². The first-order valence-corrected chi connectivity index (χ1v) is 12.5. The summed E-state index contributed by atoms with van der Waals surface area (Å²) in [6.07, 6.45) is 4.66. The number of nitrogens with zero attached hydrogens (tertiary/aromatic N) is 4. The molecular formula is C29H32N4O3.